The Kier molecular flexibility index (Phi) is 13.4. The second-order valence-electron chi connectivity index (χ2n) is 4.86. The Balaban J connectivity index is 3.27. The van der Waals surface area contributed by atoms with Gasteiger partial charge in [0, 0.05) is 6.42 Å². The van der Waals surface area contributed by atoms with Crippen molar-refractivity contribution in [3.63, 3.8) is 0 Å². The van der Waals surface area contributed by atoms with E-state index >= 15 is 0 Å². The van der Waals surface area contributed by atoms with E-state index in [4.69, 9.17) is 0 Å². The Labute approximate surface area is 108 Å². The predicted molar refractivity (Wildman–Crippen MR) is 75.4 cm³/mol. The molecule has 0 heterocycles. The highest BCUT2D eigenvalue weighted by molar-refractivity contribution is 5.48. The Morgan fingerprint density at radius 1 is 0.824 bits per heavy atom. The standard InChI is InChI=1S/C15H31NO/c1-3-5-10-13-16(4-2)14-11-8-6-7-9-12-15-17/h15H,3-14H2,1-2H3. The van der Waals surface area contributed by atoms with E-state index in [0.29, 0.717) is 0 Å². The molecule has 0 aliphatic heterocycles. The Morgan fingerprint density at radius 3 is 2.00 bits per heavy atom. The van der Waals surface area contributed by atoms with Crippen LogP contribution in [0.15, 0.2) is 0 Å². The fourth-order valence-corrected chi connectivity index (χ4v) is 2.11. The zero-order valence-electron chi connectivity index (χ0n) is 11.9. The molecule has 0 aromatic rings. The van der Waals surface area contributed by atoms with E-state index in [1.54, 1.807) is 0 Å². The molecule has 0 saturated heterocycles. The maximum absolute atomic E-state index is 10.1. The third-order valence-electron chi connectivity index (χ3n) is 3.32. The van der Waals surface area contributed by atoms with Crippen LogP contribution in [0.25, 0.3) is 0 Å². The molecule has 0 N–H and O–H groups in total. The summed E-state index contributed by atoms with van der Waals surface area (Å²) in [6.07, 6.45) is 12.0. The van der Waals surface area contributed by atoms with Gasteiger partial charge >= 0.3 is 0 Å². The second-order valence-corrected chi connectivity index (χ2v) is 4.86. The van der Waals surface area contributed by atoms with Crippen molar-refractivity contribution in [2.45, 2.75) is 71.6 Å². The van der Waals surface area contributed by atoms with Gasteiger partial charge in [0.15, 0.2) is 0 Å². The van der Waals surface area contributed by atoms with E-state index in [-0.39, 0.29) is 0 Å². The molecule has 0 bridgehead atoms. The molecule has 0 amide bonds. The Morgan fingerprint density at radius 2 is 1.41 bits per heavy atom. The molecule has 0 radical (unpaired) electrons. The zero-order valence-corrected chi connectivity index (χ0v) is 11.9. The quantitative estimate of drug-likeness (QED) is 0.358. The Hall–Kier alpha value is -0.370. The number of nitrogens with zero attached hydrogens (tertiary/aromatic N) is 1. The zero-order chi connectivity index (χ0) is 12.8. The van der Waals surface area contributed by atoms with Crippen LogP contribution in [-0.4, -0.2) is 30.8 Å². The van der Waals surface area contributed by atoms with Crippen LogP contribution in [0.1, 0.15) is 71.6 Å². The van der Waals surface area contributed by atoms with Crippen molar-refractivity contribution in [2.75, 3.05) is 19.6 Å². The molecule has 0 rings (SSSR count). The maximum Gasteiger partial charge on any atom is 0.119 e. The van der Waals surface area contributed by atoms with Crippen molar-refractivity contribution >= 4 is 6.29 Å². The highest BCUT2D eigenvalue weighted by Crippen LogP contribution is 2.06. The van der Waals surface area contributed by atoms with E-state index in [0.717, 1.165) is 19.1 Å². The molecule has 2 heteroatoms. The normalized spacial score (nSPS) is 11.0. The van der Waals surface area contributed by atoms with Crippen LogP contribution in [0.3, 0.4) is 0 Å². The van der Waals surface area contributed by atoms with E-state index in [2.05, 4.69) is 18.7 Å². The number of hydrogen-bond donors (Lipinski definition) is 0. The average molecular weight is 241 g/mol. The summed E-state index contributed by atoms with van der Waals surface area (Å²) in [4.78, 5) is 12.7. The summed E-state index contributed by atoms with van der Waals surface area (Å²) in [7, 11) is 0. The first kappa shape index (κ1) is 16.6. The number of carbonyl (C=O) groups is 1. The minimum atomic E-state index is 0.748. The predicted octanol–water partition coefficient (Wildman–Crippen LogP) is 4.04. The van der Waals surface area contributed by atoms with Crippen LogP contribution in [0.2, 0.25) is 0 Å². The molecule has 0 aromatic heterocycles. The van der Waals surface area contributed by atoms with Gasteiger partial charge in [-0.3, -0.25) is 0 Å². The molecule has 0 unspecified atom stereocenters. The smallest absolute Gasteiger partial charge is 0.119 e. The molecular formula is C15H31NO. The highest BCUT2D eigenvalue weighted by atomic mass is 16.1. The van der Waals surface area contributed by atoms with Gasteiger partial charge in [-0.05, 0) is 38.9 Å². The van der Waals surface area contributed by atoms with Gasteiger partial charge in [0.25, 0.3) is 0 Å². The fourth-order valence-electron chi connectivity index (χ4n) is 2.11. The molecule has 0 aromatic carbocycles. The SMILES string of the molecule is CCCCCN(CC)CCCCCCCC=O. The van der Waals surface area contributed by atoms with Gasteiger partial charge in [0.05, 0.1) is 0 Å². The van der Waals surface area contributed by atoms with E-state index in [1.807, 2.05) is 0 Å². The summed E-state index contributed by atoms with van der Waals surface area (Å²) in [6.45, 7) is 8.24. The van der Waals surface area contributed by atoms with Gasteiger partial charge < -0.3 is 9.69 Å². The number of hydrogen-bond acceptors (Lipinski definition) is 2. The van der Waals surface area contributed by atoms with E-state index in [1.165, 1.54) is 64.6 Å². The van der Waals surface area contributed by atoms with Crippen LogP contribution in [0.4, 0.5) is 0 Å². The number of aldehydes is 1. The first-order valence-corrected chi connectivity index (χ1v) is 7.51. The molecule has 0 aliphatic rings. The van der Waals surface area contributed by atoms with Crippen molar-refractivity contribution in [1.29, 1.82) is 0 Å². The monoisotopic (exact) mass is 241 g/mol. The molecule has 17 heavy (non-hydrogen) atoms. The minimum absolute atomic E-state index is 0.748. The first-order valence-electron chi connectivity index (χ1n) is 7.51. The molecule has 0 fully saturated rings. The fraction of sp³-hybridized carbons (Fsp3) is 0.933. The van der Waals surface area contributed by atoms with Crippen molar-refractivity contribution < 1.29 is 4.79 Å². The van der Waals surface area contributed by atoms with Gasteiger partial charge in [-0.25, -0.2) is 0 Å². The summed E-state index contributed by atoms with van der Waals surface area (Å²) >= 11 is 0. The van der Waals surface area contributed by atoms with Gasteiger partial charge in [0.1, 0.15) is 6.29 Å². The first-order chi connectivity index (χ1) is 8.35. The third kappa shape index (κ3) is 11.9. The van der Waals surface area contributed by atoms with E-state index < -0.39 is 0 Å². The van der Waals surface area contributed by atoms with Gasteiger partial charge in [-0.1, -0.05) is 46.0 Å². The summed E-state index contributed by atoms with van der Waals surface area (Å²) < 4.78 is 0. The lowest BCUT2D eigenvalue weighted by molar-refractivity contribution is -0.107. The number of carbonyl (C=O) groups excluding carboxylic acids is 1. The van der Waals surface area contributed by atoms with Crippen LogP contribution in [0, 0.1) is 0 Å². The van der Waals surface area contributed by atoms with Crippen molar-refractivity contribution in [3.05, 3.63) is 0 Å². The highest BCUT2D eigenvalue weighted by Gasteiger charge is 2.01. The van der Waals surface area contributed by atoms with Gasteiger partial charge in [0.2, 0.25) is 0 Å². The summed E-state index contributed by atoms with van der Waals surface area (Å²) in [6, 6.07) is 0. The molecule has 0 atom stereocenters. The lowest BCUT2D eigenvalue weighted by Crippen LogP contribution is -2.25. The van der Waals surface area contributed by atoms with Gasteiger partial charge in [-0.2, -0.15) is 0 Å². The van der Waals surface area contributed by atoms with Gasteiger partial charge in [-0.15, -0.1) is 0 Å². The number of rotatable bonds is 13. The summed E-state index contributed by atoms with van der Waals surface area (Å²) in [5.74, 6) is 0. The maximum atomic E-state index is 10.1. The van der Waals surface area contributed by atoms with Crippen LogP contribution < -0.4 is 0 Å². The molecule has 2 nitrogen and oxygen atoms in total. The Bertz CT molecular complexity index is 159. The molecule has 0 aliphatic carbocycles. The van der Waals surface area contributed by atoms with Crippen LogP contribution in [0.5, 0.6) is 0 Å². The minimum Gasteiger partial charge on any atom is -0.304 e. The van der Waals surface area contributed by atoms with Crippen molar-refractivity contribution in [2.24, 2.45) is 0 Å². The van der Waals surface area contributed by atoms with E-state index in [9.17, 15) is 4.79 Å². The number of unbranched alkanes of at least 4 members (excludes halogenated alkanes) is 7. The van der Waals surface area contributed by atoms with Crippen LogP contribution in [-0.2, 0) is 4.79 Å². The third-order valence-corrected chi connectivity index (χ3v) is 3.32. The molecular weight excluding hydrogens is 210 g/mol. The molecule has 102 valence electrons. The second kappa shape index (κ2) is 13.7. The lowest BCUT2D eigenvalue weighted by Gasteiger charge is -2.20. The van der Waals surface area contributed by atoms with Crippen LogP contribution >= 0.6 is 0 Å². The summed E-state index contributed by atoms with van der Waals surface area (Å²) in [5, 5.41) is 0. The summed E-state index contributed by atoms with van der Waals surface area (Å²) in [5.41, 5.74) is 0. The largest absolute Gasteiger partial charge is 0.304 e. The molecule has 0 spiro atoms. The van der Waals surface area contributed by atoms with Crippen molar-refractivity contribution in [1.82, 2.24) is 4.90 Å². The topological polar surface area (TPSA) is 20.3 Å². The van der Waals surface area contributed by atoms with Crippen molar-refractivity contribution in [3.8, 4) is 0 Å². The lowest BCUT2D eigenvalue weighted by atomic mass is 10.1. The average Bonchev–Trinajstić information content (AvgIpc) is 2.35. The molecule has 0 saturated carbocycles.